The van der Waals surface area contributed by atoms with Gasteiger partial charge in [-0.25, -0.2) is 0 Å². The second-order valence-corrected chi connectivity index (χ2v) is 7.50. The molecule has 1 aliphatic carbocycles. The van der Waals surface area contributed by atoms with Gasteiger partial charge in [-0.15, -0.1) is 0 Å². The molecule has 1 N–H and O–H groups in total. The lowest BCUT2D eigenvalue weighted by Gasteiger charge is -2.39. The van der Waals surface area contributed by atoms with E-state index in [1.54, 1.807) is 0 Å². The number of hydrogen-bond acceptors (Lipinski definition) is 1. The van der Waals surface area contributed by atoms with Crippen LogP contribution >= 0.6 is 23.2 Å². The standard InChI is InChI=1S/C17H25Cl2N/c1-4-17(2,3)12-5-8-14(9-6-12)20-16-11-13(18)7-10-15(16)19/h7,10-12,14,20H,4-6,8-9H2,1-3H3. The molecule has 1 fully saturated rings. The van der Waals surface area contributed by atoms with E-state index in [-0.39, 0.29) is 0 Å². The van der Waals surface area contributed by atoms with Gasteiger partial charge in [-0.05, 0) is 55.2 Å². The quantitative estimate of drug-likeness (QED) is 0.678. The summed E-state index contributed by atoms with van der Waals surface area (Å²) >= 11 is 12.3. The topological polar surface area (TPSA) is 12.0 Å². The Morgan fingerprint density at radius 1 is 1.15 bits per heavy atom. The molecule has 1 saturated carbocycles. The van der Waals surface area contributed by atoms with Crippen LogP contribution in [-0.4, -0.2) is 6.04 Å². The predicted octanol–water partition coefficient (Wildman–Crippen LogP) is 6.40. The van der Waals surface area contributed by atoms with Crippen molar-refractivity contribution in [3.63, 3.8) is 0 Å². The highest BCUT2D eigenvalue weighted by Crippen LogP contribution is 2.41. The highest BCUT2D eigenvalue weighted by atomic mass is 35.5. The maximum absolute atomic E-state index is 6.22. The molecule has 3 heteroatoms. The fourth-order valence-electron chi connectivity index (χ4n) is 3.14. The third-order valence-corrected chi connectivity index (χ3v) is 5.60. The zero-order valence-electron chi connectivity index (χ0n) is 12.7. The SMILES string of the molecule is CCC(C)(C)C1CCC(Nc2cc(Cl)ccc2Cl)CC1. The highest BCUT2D eigenvalue weighted by Gasteiger charge is 2.31. The second kappa shape index (κ2) is 6.58. The van der Waals surface area contributed by atoms with Crippen LogP contribution in [0.25, 0.3) is 0 Å². The van der Waals surface area contributed by atoms with Gasteiger partial charge < -0.3 is 5.32 Å². The molecule has 112 valence electrons. The molecule has 0 saturated heterocycles. The van der Waals surface area contributed by atoms with Gasteiger partial charge in [0.2, 0.25) is 0 Å². The summed E-state index contributed by atoms with van der Waals surface area (Å²) in [6.45, 7) is 7.11. The molecule has 2 rings (SSSR count). The lowest BCUT2D eigenvalue weighted by Crippen LogP contribution is -2.32. The molecule has 20 heavy (non-hydrogen) atoms. The molecule has 0 unspecified atom stereocenters. The van der Waals surface area contributed by atoms with Gasteiger partial charge in [-0.2, -0.15) is 0 Å². The first-order valence-corrected chi connectivity index (χ1v) is 8.39. The molecule has 0 atom stereocenters. The summed E-state index contributed by atoms with van der Waals surface area (Å²) in [7, 11) is 0. The monoisotopic (exact) mass is 313 g/mol. The van der Waals surface area contributed by atoms with Crippen molar-refractivity contribution in [3.8, 4) is 0 Å². The van der Waals surface area contributed by atoms with E-state index in [9.17, 15) is 0 Å². The van der Waals surface area contributed by atoms with Gasteiger partial charge in [0.25, 0.3) is 0 Å². The molecule has 0 bridgehead atoms. The van der Waals surface area contributed by atoms with Crippen LogP contribution in [0.1, 0.15) is 52.9 Å². The maximum Gasteiger partial charge on any atom is 0.0638 e. The first kappa shape index (κ1) is 16.0. The summed E-state index contributed by atoms with van der Waals surface area (Å²) in [5.74, 6) is 0.848. The molecule has 1 nitrogen and oxygen atoms in total. The fourth-order valence-corrected chi connectivity index (χ4v) is 3.48. The minimum Gasteiger partial charge on any atom is -0.381 e. The Bertz CT molecular complexity index is 448. The molecular formula is C17H25Cl2N. The van der Waals surface area contributed by atoms with E-state index in [0.29, 0.717) is 11.5 Å². The van der Waals surface area contributed by atoms with Crippen molar-refractivity contribution in [1.82, 2.24) is 0 Å². The predicted molar refractivity (Wildman–Crippen MR) is 89.9 cm³/mol. The molecule has 1 aromatic rings. The van der Waals surface area contributed by atoms with Crippen molar-refractivity contribution < 1.29 is 0 Å². The van der Waals surface area contributed by atoms with Gasteiger partial charge in [-0.3, -0.25) is 0 Å². The van der Waals surface area contributed by atoms with Crippen LogP contribution < -0.4 is 5.32 Å². The Morgan fingerprint density at radius 2 is 1.80 bits per heavy atom. The molecular weight excluding hydrogens is 289 g/mol. The first-order chi connectivity index (χ1) is 9.42. The number of rotatable bonds is 4. The third-order valence-electron chi connectivity index (χ3n) is 5.03. The minimum absolute atomic E-state index is 0.471. The molecule has 0 aromatic heterocycles. The van der Waals surface area contributed by atoms with E-state index in [1.807, 2.05) is 18.2 Å². The zero-order chi connectivity index (χ0) is 14.8. The van der Waals surface area contributed by atoms with Crippen LogP contribution in [0.3, 0.4) is 0 Å². The molecule has 0 heterocycles. The number of anilines is 1. The number of hydrogen-bond donors (Lipinski definition) is 1. The molecule has 0 spiro atoms. The first-order valence-electron chi connectivity index (χ1n) is 7.64. The summed E-state index contributed by atoms with van der Waals surface area (Å²) in [4.78, 5) is 0. The van der Waals surface area contributed by atoms with Crippen LogP contribution in [0, 0.1) is 11.3 Å². The zero-order valence-corrected chi connectivity index (χ0v) is 14.2. The average molecular weight is 314 g/mol. The van der Waals surface area contributed by atoms with Gasteiger partial charge in [0.1, 0.15) is 0 Å². The second-order valence-electron chi connectivity index (χ2n) is 6.66. The summed E-state index contributed by atoms with van der Waals surface area (Å²) < 4.78 is 0. The Morgan fingerprint density at radius 3 is 2.40 bits per heavy atom. The van der Waals surface area contributed by atoms with Crippen molar-refractivity contribution >= 4 is 28.9 Å². The fraction of sp³-hybridized carbons (Fsp3) is 0.647. The lowest BCUT2D eigenvalue weighted by molar-refractivity contribution is 0.147. The summed E-state index contributed by atoms with van der Waals surface area (Å²) in [5, 5.41) is 5.05. The number of nitrogens with one attached hydrogen (secondary N) is 1. The van der Waals surface area contributed by atoms with Crippen molar-refractivity contribution in [3.05, 3.63) is 28.2 Å². The van der Waals surface area contributed by atoms with Gasteiger partial charge in [-0.1, -0.05) is 50.4 Å². The lowest BCUT2D eigenvalue weighted by atomic mass is 9.69. The van der Waals surface area contributed by atoms with E-state index < -0.39 is 0 Å². The van der Waals surface area contributed by atoms with Crippen LogP contribution in [0.2, 0.25) is 10.0 Å². The summed E-state index contributed by atoms with van der Waals surface area (Å²) in [5.41, 5.74) is 1.44. The van der Waals surface area contributed by atoms with Crippen molar-refractivity contribution in [2.45, 2.75) is 58.9 Å². The van der Waals surface area contributed by atoms with E-state index in [4.69, 9.17) is 23.2 Å². The van der Waals surface area contributed by atoms with Crippen LogP contribution in [-0.2, 0) is 0 Å². The summed E-state index contributed by atoms with van der Waals surface area (Å²) in [6.07, 6.45) is 6.30. The summed E-state index contributed by atoms with van der Waals surface area (Å²) in [6, 6.07) is 6.13. The minimum atomic E-state index is 0.471. The maximum atomic E-state index is 6.22. The Kier molecular flexibility index (Phi) is 5.25. The molecule has 0 aliphatic heterocycles. The Hall–Kier alpha value is -0.400. The van der Waals surface area contributed by atoms with Crippen LogP contribution in [0.5, 0.6) is 0 Å². The smallest absolute Gasteiger partial charge is 0.0638 e. The van der Waals surface area contributed by atoms with E-state index in [0.717, 1.165) is 21.7 Å². The third kappa shape index (κ3) is 3.83. The molecule has 1 aliphatic rings. The van der Waals surface area contributed by atoms with Gasteiger partial charge >= 0.3 is 0 Å². The van der Waals surface area contributed by atoms with Crippen molar-refractivity contribution in [2.75, 3.05) is 5.32 Å². The molecule has 0 radical (unpaired) electrons. The van der Waals surface area contributed by atoms with Crippen LogP contribution in [0.4, 0.5) is 5.69 Å². The Balaban J connectivity index is 1.93. The normalized spacial score (nSPS) is 23.6. The molecule has 1 aromatic carbocycles. The van der Waals surface area contributed by atoms with E-state index >= 15 is 0 Å². The van der Waals surface area contributed by atoms with Gasteiger partial charge in [0, 0.05) is 11.1 Å². The molecule has 0 amide bonds. The van der Waals surface area contributed by atoms with Gasteiger partial charge in [0.05, 0.1) is 10.7 Å². The highest BCUT2D eigenvalue weighted by molar-refractivity contribution is 6.35. The Labute approximate surface area is 133 Å². The average Bonchev–Trinajstić information content (AvgIpc) is 2.43. The van der Waals surface area contributed by atoms with E-state index in [2.05, 4.69) is 26.1 Å². The van der Waals surface area contributed by atoms with E-state index in [1.165, 1.54) is 32.1 Å². The van der Waals surface area contributed by atoms with Gasteiger partial charge in [0.15, 0.2) is 0 Å². The van der Waals surface area contributed by atoms with Crippen molar-refractivity contribution in [1.29, 1.82) is 0 Å². The van der Waals surface area contributed by atoms with Crippen LogP contribution in [0.15, 0.2) is 18.2 Å². The number of benzene rings is 1. The number of halogens is 2. The largest absolute Gasteiger partial charge is 0.381 e. The van der Waals surface area contributed by atoms with Crippen molar-refractivity contribution in [2.24, 2.45) is 11.3 Å².